The molecule has 1 aliphatic heterocycles. The molecule has 3 nitrogen and oxygen atoms in total. The average molecular weight is 489 g/mol. The fourth-order valence-corrected chi connectivity index (χ4v) is 6.57. The molecular weight excluding hydrogens is 463 g/mol. The second-order valence-electron chi connectivity index (χ2n) is 9.46. The van der Waals surface area contributed by atoms with Crippen LogP contribution in [0, 0.1) is 0 Å². The van der Waals surface area contributed by atoms with Crippen LogP contribution in [0.4, 0.5) is 0 Å². The van der Waals surface area contributed by atoms with E-state index in [1.54, 1.807) is 6.07 Å². The Morgan fingerprint density at radius 1 is 0.853 bits per heavy atom. The lowest BCUT2D eigenvalue weighted by molar-refractivity contribution is 0.0613. The number of aromatic nitrogens is 1. The van der Waals surface area contributed by atoms with E-state index in [2.05, 4.69) is 46.8 Å². The molecule has 5 heteroatoms. The lowest BCUT2D eigenvalue weighted by Gasteiger charge is -2.36. The molecule has 3 aromatic carbocycles. The molecule has 1 fully saturated rings. The van der Waals surface area contributed by atoms with Crippen molar-refractivity contribution in [2.75, 3.05) is 0 Å². The largest absolute Gasteiger partial charge is 0.343 e. The highest BCUT2D eigenvalue weighted by molar-refractivity contribution is 6.36. The van der Waals surface area contributed by atoms with Crippen molar-refractivity contribution in [1.29, 1.82) is 0 Å². The van der Waals surface area contributed by atoms with Gasteiger partial charge in [-0.2, -0.15) is 0 Å². The quantitative estimate of drug-likeness (QED) is 0.286. The number of halogens is 2. The third-order valence-corrected chi connectivity index (χ3v) is 8.12. The van der Waals surface area contributed by atoms with Crippen molar-refractivity contribution in [2.24, 2.45) is 7.05 Å². The third kappa shape index (κ3) is 3.29. The highest BCUT2D eigenvalue weighted by Crippen LogP contribution is 2.49. The molecular formula is C29H26Cl2N2O. The van der Waals surface area contributed by atoms with Crippen LogP contribution in [0.2, 0.25) is 10.0 Å². The molecule has 34 heavy (non-hydrogen) atoms. The van der Waals surface area contributed by atoms with Gasteiger partial charge in [-0.05, 0) is 48.7 Å². The summed E-state index contributed by atoms with van der Waals surface area (Å²) in [7, 11) is 2.08. The van der Waals surface area contributed by atoms with Crippen LogP contribution in [-0.4, -0.2) is 21.4 Å². The highest BCUT2D eigenvalue weighted by Gasteiger charge is 2.44. The van der Waals surface area contributed by atoms with E-state index < -0.39 is 0 Å². The number of hydrogen-bond acceptors (Lipinski definition) is 1. The molecule has 1 aromatic heterocycles. The highest BCUT2D eigenvalue weighted by atomic mass is 35.5. The molecule has 6 rings (SSSR count). The Morgan fingerprint density at radius 3 is 2.38 bits per heavy atom. The number of fused-ring (bicyclic) bond motifs is 2. The van der Waals surface area contributed by atoms with Crippen LogP contribution >= 0.6 is 23.2 Å². The lowest BCUT2D eigenvalue weighted by Crippen LogP contribution is -2.40. The summed E-state index contributed by atoms with van der Waals surface area (Å²) in [5, 5.41) is 2.38. The summed E-state index contributed by atoms with van der Waals surface area (Å²) in [6.07, 6.45) is 5.69. The van der Waals surface area contributed by atoms with Crippen LogP contribution in [-0.2, 0) is 7.05 Å². The van der Waals surface area contributed by atoms with E-state index >= 15 is 0 Å². The minimum Gasteiger partial charge on any atom is -0.343 e. The second-order valence-corrected chi connectivity index (χ2v) is 10.3. The van der Waals surface area contributed by atoms with Gasteiger partial charge >= 0.3 is 0 Å². The second kappa shape index (κ2) is 8.48. The summed E-state index contributed by atoms with van der Waals surface area (Å²) in [6, 6.07) is 22.3. The molecule has 172 valence electrons. The first-order valence-electron chi connectivity index (χ1n) is 12.0. The fourth-order valence-electron chi connectivity index (χ4n) is 6.07. The zero-order valence-corrected chi connectivity index (χ0v) is 20.6. The maximum Gasteiger partial charge on any atom is 0.255 e. The van der Waals surface area contributed by atoms with E-state index in [9.17, 15) is 4.79 Å². The summed E-state index contributed by atoms with van der Waals surface area (Å²) >= 11 is 13.0. The molecule has 0 unspecified atom stereocenters. The van der Waals surface area contributed by atoms with E-state index in [1.165, 1.54) is 19.3 Å². The van der Waals surface area contributed by atoms with Crippen LogP contribution in [0.3, 0.4) is 0 Å². The smallest absolute Gasteiger partial charge is 0.255 e. The van der Waals surface area contributed by atoms with Crippen molar-refractivity contribution >= 4 is 40.0 Å². The molecule has 1 aliphatic carbocycles. The Labute approximate surface area is 209 Å². The number of hydrogen-bond donors (Lipinski definition) is 0. The van der Waals surface area contributed by atoms with Crippen molar-refractivity contribution in [3.05, 3.63) is 93.5 Å². The Bertz CT molecular complexity index is 1420. The molecule has 2 heterocycles. The average Bonchev–Trinajstić information content (AvgIpc) is 3.31. The predicted molar refractivity (Wildman–Crippen MR) is 140 cm³/mol. The molecule has 1 saturated carbocycles. The van der Waals surface area contributed by atoms with Crippen LogP contribution in [0.15, 0.2) is 66.7 Å². The maximum absolute atomic E-state index is 13.9. The number of amides is 1. The topological polar surface area (TPSA) is 25.2 Å². The number of aryl methyl sites for hydroxylation is 1. The fraction of sp³-hybridized carbons (Fsp3) is 0.276. The molecule has 1 atom stereocenters. The summed E-state index contributed by atoms with van der Waals surface area (Å²) in [4.78, 5) is 16.0. The molecule has 2 aliphatic rings. The Balaban J connectivity index is 1.67. The van der Waals surface area contributed by atoms with Crippen molar-refractivity contribution in [2.45, 2.75) is 44.2 Å². The normalized spacial score (nSPS) is 18.6. The Kier molecular flexibility index (Phi) is 5.43. The summed E-state index contributed by atoms with van der Waals surface area (Å²) < 4.78 is 2.21. The molecule has 0 bridgehead atoms. The van der Waals surface area contributed by atoms with E-state index in [4.69, 9.17) is 23.2 Å². The molecule has 1 amide bonds. The third-order valence-electron chi connectivity index (χ3n) is 7.57. The number of para-hydroxylation sites is 1. The van der Waals surface area contributed by atoms with Crippen LogP contribution in [0.25, 0.3) is 22.2 Å². The molecule has 0 saturated heterocycles. The van der Waals surface area contributed by atoms with E-state index in [1.807, 2.05) is 30.3 Å². The van der Waals surface area contributed by atoms with Gasteiger partial charge in [-0.1, -0.05) is 78.9 Å². The molecule has 0 N–H and O–H groups in total. The van der Waals surface area contributed by atoms with Crippen molar-refractivity contribution in [3.63, 3.8) is 0 Å². The van der Waals surface area contributed by atoms with E-state index in [0.29, 0.717) is 10.0 Å². The summed E-state index contributed by atoms with van der Waals surface area (Å²) in [6.45, 7) is 0. The first-order chi connectivity index (χ1) is 16.6. The number of carbonyl (C=O) groups is 1. The minimum atomic E-state index is -0.153. The van der Waals surface area contributed by atoms with Crippen LogP contribution in [0.5, 0.6) is 0 Å². The monoisotopic (exact) mass is 488 g/mol. The van der Waals surface area contributed by atoms with E-state index in [0.717, 1.165) is 51.7 Å². The van der Waals surface area contributed by atoms with Gasteiger partial charge in [-0.15, -0.1) is 0 Å². The summed E-state index contributed by atoms with van der Waals surface area (Å²) in [5.41, 5.74) is 6.14. The first-order valence-corrected chi connectivity index (χ1v) is 12.8. The van der Waals surface area contributed by atoms with Gasteiger partial charge < -0.3 is 9.47 Å². The predicted octanol–water partition coefficient (Wildman–Crippen LogP) is 8.03. The van der Waals surface area contributed by atoms with Gasteiger partial charge in [0.1, 0.15) is 0 Å². The Hall–Kier alpha value is -2.75. The Morgan fingerprint density at radius 2 is 1.59 bits per heavy atom. The number of nitrogens with zero attached hydrogens (tertiary/aromatic N) is 2. The van der Waals surface area contributed by atoms with Gasteiger partial charge in [0.05, 0.1) is 16.8 Å². The number of carbonyl (C=O) groups excluding carboxylic acids is 1. The number of rotatable bonds is 3. The molecule has 0 spiro atoms. The van der Waals surface area contributed by atoms with Crippen molar-refractivity contribution < 1.29 is 4.79 Å². The summed E-state index contributed by atoms with van der Waals surface area (Å²) in [5.74, 6) is 0.147. The van der Waals surface area contributed by atoms with Gasteiger partial charge in [0.25, 0.3) is 5.91 Å². The van der Waals surface area contributed by atoms with Crippen molar-refractivity contribution in [3.8, 4) is 11.3 Å². The van der Waals surface area contributed by atoms with Gasteiger partial charge in [0.2, 0.25) is 0 Å². The SMILES string of the molecule is Cn1c(-c2ccc(Cl)cc2Cl)c([C@H]2c3ccccc3C(=O)N2C2CCCCC2)c2ccccc21. The van der Waals surface area contributed by atoms with Gasteiger partial charge in [0.15, 0.2) is 0 Å². The van der Waals surface area contributed by atoms with Gasteiger partial charge in [-0.25, -0.2) is 0 Å². The van der Waals surface area contributed by atoms with E-state index in [-0.39, 0.29) is 18.0 Å². The molecule has 0 radical (unpaired) electrons. The van der Waals surface area contributed by atoms with Crippen molar-refractivity contribution in [1.82, 2.24) is 9.47 Å². The zero-order chi connectivity index (χ0) is 23.4. The maximum atomic E-state index is 13.9. The van der Waals surface area contributed by atoms with Gasteiger partial charge in [0, 0.05) is 45.7 Å². The van der Waals surface area contributed by atoms with Gasteiger partial charge in [-0.3, -0.25) is 4.79 Å². The van der Waals surface area contributed by atoms with Crippen LogP contribution < -0.4 is 0 Å². The lowest BCUT2D eigenvalue weighted by atomic mass is 9.89. The van der Waals surface area contributed by atoms with Crippen LogP contribution in [0.1, 0.15) is 59.6 Å². The molecule has 4 aromatic rings. The zero-order valence-electron chi connectivity index (χ0n) is 19.1. The number of benzene rings is 3. The minimum absolute atomic E-state index is 0.147. The standard InChI is InChI=1S/C29H26Cl2N2O/c1-32-25-14-8-7-13-23(25)26(27(32)22-16-15-18(30)17-24(22)31)28-20-11-5-6-12-21(20)29(34)33(28)19-9-3-2-4-10-19/h5-8,11-17,19,28H,2-4,9-10H2,1H3/t28-/m1/s1. The first kappa shape index (κ1) is 21.8.